The van der Waals surface area contributed by atoms with E-state index in [9.17, 15) is 19.8 Å². The lowest BCUT2D eigenvalue weighted by molar-refractivity contribution is -0.139. The molecule has 1 amide bonds. The summed E-state index contributed by atoms with van der Waals surface area (Å²) in [6, 6.07) is 9.16. The van der Waals surface area contributed by atoms with Gasteiger partial charge in [-0.25, -0.2) is 0 Å². The van der Waals surface area contributed by atoms with Gasteiger partial charge in [0.25, 0.3) is 11.7 Å². The number of aromatic hydroxyl groups is 1. The topological polar surface area (TPSA) is 87.1 Å². The summed E-state index contributed by atoms with van der Waals surface area (Å²) in [6.45, 7) is 4.24. The summed E-state index contributed by atoms with van der Waals surface area (Å²) in [4.78, 5) is 27.2. The van der Waals surface area contributed by atoms with Crippen molar-refractivity contribution >= 4 is 33.4 Å². The number of phenolic OH excluding ortho intramolecular Hbond substituents is 1. The molecular formula is C23H24BrNO5. The van der Waals surface area contributed by atoms with Gasteiger partial charge < -0.3 is 19.8 Å². The molecular weight excluding hydrogens is 450 g/mol. The monoisotopic (exact) mass is 473 g/mol. The van der Waals surface area contributed by atoms with Gasteiger partial charge in [-0.05, 0) is 48.7 Å². The van der Waals surface area contributed by atoms with Crippen molar-refractivity contribution in [3.8, 4) is 11.5 Å². The zero-order valence-electron chi connectivity index (χ0n) is 17.1. The van der Waals surface area contributed by atoms with Gasteiger partial charge >= 0.3 is 0 Å². The number of aliphatic hydroxyl groups excluding tert-OH is 1. The standard InChI is InChI=1S/C23H24BrNO5/c1-4-5-10-25-20(14-7-9-18(30-3)17(26)12-14)19(22(28)23(25)29)21(27)15-6-8-16(24)13(2)11-15/h6-9,11-12,20,26-27H,4-5,10H2,1-3H3/b21-19-. The number of amides is 1. The molecule has 1 aliphatic heterocycles. The molecule has 1 unspecified atom stereocenters. The van der Waals surface area contributed by atoms with Crippen LogP contribution in [0.1, 0.15) is 42.5 Å². The van der Waals surface area contributed by atoms with E-state index in [-0.39, 0.29) is 22.8 Å². The van der Waals surface area contributed by atoms with Crippen LogP contribution in [-0.4, -0.2) is 40.5 Å². The quantitative estimate of drug-likeness (QED) is 0.360. The van der Waals surface area contributed by atoms with E-state index in [0.717, 1.165) is 16.5 Å². The molecule has 1 heterocycles. The average molecular weight is 474 g/mol. The van der Waals surface area contributed by atoms with E-state index in [1.54, 1.807) is 30.3 Å². The molecule has 158 valence electrons. The van der Waals surface area contributed by atoms with Gasteiger partial charge in [0, 0.05) is 16.6 Å². The molecule has 1 aliphatic rings. The number of phenols is 1. The molecule has 0 aromatic heterocycles. The number of Topliss-reactive ketones (excluding diaryl/α,β-unsaturated/α-hetero) is 1. The van der Waals surface area contributed by atoms with E-state index in [1.165, 1.54) is 18.1 Å². The molecule has 30 heavy (non-hydrogen) atoms. The Morgan fingerprint density at radius 2 is 1.93 bits per heavy atom. The molecule has 2 aromatic rings. The van der Waals surface area contributed by atoms with Gasteiger partial charge in [0.15, 0.2) is 11.5 Å². The van der Waals surface area contributed by atoms with Crippen molar-refractivity contribution in [3.63, 3.8) is 0 Å². The first-order valence-corrected chi connectivity index (χ1v) is 10.5. The van der Waals surface area contributed by atoms with Crippen LogP contribution in [0.25, 0.3) is 5.76 Å². The molecule has 0 bridgehead atoms. The number of rotatable bonds is 6. The van der Waals surface area contributed by atoms with E-state index in [2.05, 4.69) is 15.9 Å². The van der Waals surface area contributed by atoms with Crippen molar-refractivity contribution in [2.24, 2.45) is 0 Å². The first-order chi connectivity index (χ1) is 14.3. The van der Waals surface area contributed by atoms with Gasteiger partial charge in [-0.1, -0.05) is 41.4 Å². The van der Waals surface area contributed by atoms with Crippen LogP contribution in [0.4, 0.5) is 0 Å². The number of carbonyl (C=O) groups is 2. The van der Waals surface area contributed by atoms with Crippen LogP contribution in [0.3, 0.4) is 0 Å². The number of aryl methyl sites for hydroxylation is 1. The minimum atomic E-state index is -0.794. The first kappa shape index (κ1) is 21.9. The Kier molecular flexibility index (Phi) is 6.51. The number of aliphatic hydroxyl groups is 1. The molecule has 0 radical (unpaired) electrons. The molecule has 3 rings (SSSR count). The number of unbranched alkanes of at least 4 members (excludes halogenated alkanes) is 1. The van der Waals surface area contributed by atoms with Crippen molar-refractivity contribution in [1.29, 1.82) is 0 Å². The fourth-order valence-electron chi connectivity index (χ4n) is 3.61. The average Bonchev–Trinajstić information content (AvgIpc) is 2.98. The van der Waals surface area contributed by atoms with Gasteiger partial charge in [0.05, 0.1) is 18.7 Å². The minimum Gasteiger partial charge on any atom is -0.507 e. The molecule has 7 heteroatoms. The Bertz CT molecular complexity index is 1030. The number of benzene rings is 2. The number of halogens is 1. The Hall–Kier alpha value is -2.80. The molecule has 6 nitrogen and oxygen atoms in total. The number of ketones is 1. The third-order valence-electron chi connectivity index (χ3n) is 5.24. The van der Waals surface area contributed by atoms with Crippen molar-refractivity contribution in [2.45, 2.75) is 32.7 Å². The second kappa shape index (κ2) is 8.92. The molecule has 1 saturated heterocycles. The summed E-state index contributed by atoms with van der Waals surface area (Å²) in [5, 5.41) is 21.3. The van der Waals surface area contributed by atoms with Gasteiger partial charge in [-0.2, -0.15) is 0 Å². The van der Waals surface area contributed by atoms with Crippen LogP contribution in [0.5, 0.6) is 11.5 Å². The highest BCUT2D eigenvalue weighted by atomic mass is 79.9. The zero-order valence-corrected chi connectivity index (χ0v) is 18.7. The van der Waals surface area contributed by atoms with Gasteiger partial charge in [0.2, 0.25) is 0 Å². The maximum absolute atomic E-state index is 12.9. The van der Waals surface area contributed by atoms with E-state index in [1.807, 2.05) is 13.8 Å². The van der Waals surface area contributed by atoms with Crippen LogP contribution >= 0.6 is 15.9 Å². The van der Waals surface area contributed by atoms with Gasteiger partial charge in [-0.15, -0.1) is 0 Å². The lowest BCUT2D eigenvalue weighted by Gasteiger charge is -2.25. The maximum atomic E-state index is 12.9. The number of hydrogen-bond acceptors (Lipinski definition) is 5. The predicted molar refractivity (Wildman–Crippen MR) is 117 cm³/mol. The first-order valence-electron chi connectivity index (χ1n) is 9.72. The Morgan fingerprint density at radius 3 is 2.53 bits per heavy atom. The summed E-state index contributed by atoms with van der Waals surface area (Å²) in [5.41, 5.74) is 1.88. The number of ether oxygens (including phenoxy) is 1. The van der Waals surface area contributed by atoms with Crippen molar-refractivity contribution in [2.75, 3.05) is 13.7 Å². The van der Waals surface area contributed by atoms with Crippen molar-refractivity contribution in [1.82, 2.24) is 4.90 Å². The number of nitrogens with zero attached hydrogens (tertiary/aromatic N) is 1. The molecule has 2 N–H and O–H groups in total. The van der Waals surface area contributed by atoms with Gasteiger partial charge in [-0.3, -0.25) is 9.59 Å². The molecule has 1 atom stereocenters. The molecule has 0 spiro atoms. The highest BCUT2D eigenvalue weighted by Crippen LogP contribution is 2.42. The Balaban J connectivity index is 2.19. The highest BCUT2D eigenvalue weighted by Gasteiger charge is 2.45. The minimum absolute atomic E-state index is 0.0161. The normalized spacial score (nSPS) is 18.1. The molecule has 1 fully saturated rings. The molecule has 2 aromatic carbocycles. The van der Waals surface area contributed by atoms with E-state index in [0.29, 0.717) is 24.1 Å². The highest BCUT2D eigenvalue weighted by molar-refractivity contribution is 9.10. The molecule has 0 aliphatic carbocycles. The Labute approximate surface area is 183 Å². The molecule has 0 saturated carbocycles. The van der Waals surface area contributed by atoms with E-state index in [4.69, 9.17) is 4.74 Å². The van der Waals surface area contributed by atoms with Crippen molar-refractivity contribution in [3.05, 3.63) is 63.1 Å². The Morgan fingerprint density at radius 1 is 1.20 bits per heavy atom. The third-order valence-corrected chi connectivity index (χ3v) is 6.13. The second-order valence-corrected chi connectivity index (χ2v) is 8.10. The summed E-state index contributed by atoms with van der Waals surface area (Å²) < 4.78 is 5.98. The second-order valence-electron chi connectivity index (χ2n) is 7.24. The van der Waals surface area contributed by atoms with Crippen LogP contribution in [0, 0.1) is 6.92 Å². The number of hydrogen-bond donors (Lipinski definition) is 2. The van der Waals surface area contributed by atoms with Crippen LogP contribution in [-0.2, 0) is 9.59 Å². The zero-order chi connectivity index (χ0) is 22.0. The fourth-order valence-corrected chi connectivity index (χ4v) is 3.86. The van der Waals surface area contributed by atoms with Crippen molar-refractivity contribution < 1.29 is 24.5 Å². The smallest absolute Gasteiger partial charge is 0.295 e. The van der Waals surface area contributed by atoms with Crippen LogP contribution in [0.15, 0.2) is 46.4 Å². The maximum Gasteiger partial charge on any atom is 0.295 e. The van der Waals surface area contributed by atoms with Crippen LogP contribution in [0.2, 0.25) is 0 Å². The number of carbonyl (C=O) groups excluding carboxylic acids is 2. The lowest BCUT2D eigenvalue weighted by atomic mass is 9.94. The fraction of sp³-hybridized carbons (Fsp3) is 0.304. The third kappa shape index (κ3) is 3.94. The predicted octanol–water partition coefficient (Wildman–Crippen LogP) is 4.69. The van der Waals surface area contributed by atoms with Gasteiger partial charge in [0.1, 0.15) is 5.76 Å². The SMILES string of the molecule is CCCCN1C(=O)C(=O)/C(=C(\O)c2ccc(Br)c(C)c2)C1c1ccc(OC)c(O)c1. The van der Waals surface area contributed by atoms with Crippen LogP contribution < -0.4 is 4.74 Å². The lowest BCUT2D eigenvalue weighted by Crippen LogP contribution is -2.30. The summed E-state index contributed by atoms with van der Waals surface area (Å²) in [6.07, 6.45) is 1.55. The summed E-state index contributed by atoms with van der Waals surface area (Å²) >= 11 is 3.42. The van der Waals surface area contributed by atoms with E-state index >= 15 is 0 Å². The largest absolute Gasteiger partial charge is 0.507 e. The van der Waals surface area contributed by atoms with E-state index < -0.39 is 17.7 Å². The number of likely N-dealkylation sites (tertiary alicyclic amines) is 1. The summed E-state index contributed by atoms with van der Waals surface area (Å²) in [5.74, 6) is -1.43. The number of methoxy groups -OCH3 is 1. The summed E-state index contributed by atoms with van der Waals surface area (Å²) in [7, 11) is 1.44.